The molecule has 0 spiro atoms. The molecule has 4 rings (SSSR count). The predicted molar refractivity (Wildman–Crippen MR) is 126 cm³/mol. The minimum absolute atomic E-state index is 0.00950. The van der Waals surface area contributed by atoms with Gasteiger partial charge < -0.3 is 15.8 Å². The molecule has 8 heteroatoms. The smallest absolute Gasteiger partial charge is 0.407 e. The summed E-state index contributed by atoms with van der Waals surface area (Å²) in [4.78, 5) is 34.0. The number of rotatable bonds is 6. The first-order chi connectivity index (χ1) is 16.4. The van der Waals surface area contributed by atoms with Crippen molar-refractivity contribution >= 4 is 17.7 Å². The van der Waals surface area contributed by atoms with Crippen LogP contribution in [0.3, 0.4) is 0 Å². The van der Waals surface area contributed by atoms with Crippen molar-refractivity contribution in [3.63, 3.8) is 0 Å². The minimum Gasteiger partial charge on any atom is -0.449 e. The highest BCUT2D eigenvalue weighted by Crippen LogP contribution is 2.44. The quantitative estimate of drug-likeness (QED) is 0.252. The summed E-state index contributed by atoms with van der Waals surface area (Å²) in [5.74, 6) is 4.77. The molecular weight excluding hydrogens is 434 g/mol. The normalized spacial score (nSPS) is 11.5. The fourth-order valence-electron chi connectivity index (χ4n) is 3.97. The highest BCUT2D eigenvalue weighted by molar-refractivity contribution is 5.93. The van der Waals surface area contributed by atoms with Crippen molar-refractivity contribution in [1.82, 2.24) is 5.32 Å². The first-order valence-electron chi connectivity index (χ1n) is 10.6. The minimum atomic E-state index is -0.774. The lowest BCUT2D eigenvalue weighted by Gasteiger charge is -2.14. The van der Waals surface area contributed by atoms with Crippen LogP contribution in [0.2, 0.25) is 0 Å². The number of hydrogen-bond donors (Lipinski definition) is 2. The van der Waals surface area contributed by atoms with Crippen molar-refractivity contribution in [2.45, 2.75) is 12.3 Å². The molecule has 0 unspecified atom stereocenters. The third-order valence-corrected chi connectivity index (χ3v) is 5.51. The Kier molecular flexibility index (Phi) is 6.55. The van der Waals surface area contributed by atoms with Crippen LogP contribution in [0.4, 0.5) is 10.5 Å². The summed E-state index contributed by atoms with van der Waals surface area (Å²) >= 11 is 0. The van der Waals surface area contributed by atoms with Crippen molar-refractivity contribution in [3.05, 3.63) is 99.1 Å². The molecule has 1 aliphatic rings. The molecule has 0 saturated heterocycles. The molecule has 0 heterocycles. The topological polar surface area (TPSA) is 125 Å². The summed E-state index contributed by atoms with van der Waals surface area (Å²) < 4.78 is 5.46. The van der Waals surface area contributed by atoms with Gasteiger partial charge in [0.05, 0.1) is 4.92 Å². The number of amides is 2. The average molecular weight is 455 g/mol. The van der Waals surface area contributed by atoms with E-state index in [1.54, 1.807) is 0 Å². The van der Waals surface area contributed by atoms with Crippen LogP contribution in [-0.4, -0.2) is 30.1 Å². The zero-order valence-electron chi connectivity index (χ0n) is 18.1. The van der Waals surface area contributed by atoms with Gasteiger partial charge in [-0.25, -0.2) is 4.79 Å². The Morgan fingerprint density at radius 3 is 2.29 bits per heavy atom. The molecule has 0 radical (unpaired) electrons. The molecule has 3 N–H and O–H groups in total. The Labute approximate surface area is 195 Å². The number of primary amides is 1. The Morgan fingerprint density at radius 2 is 1.68 bits per heavy atom. The van der Waals surface area contributed by atoms with Crippen molar-refractivity contribution in [2.75, 3.05) is 13.2 Å². The Hall–Kier alpha value is -4.64. The number of nitro groups is 1. The maximum absolute atomic E-state index is 12.2. The number of benzene rings is 3. The lowest BCUT2D eigenvalue weighted by Crippen LogP contribution is -2.26. The molecule has 3 aromatic rings. The molecule has 8 nitrogen and oxygen atoms in total. The number of hydrogen-bond acceptors (Lipinski definition) is 5. The van der Waals surface area contributed by atoms with E-state index in [1.807, 2.05) is 24.3 Å². The molecule has 0 bridgehead atoms. The summed E-state index contributed by atoms with van der Waals surface area (Å²) in [7, 11) is 0. The number of ether oxygens (including phenoxy) is 1. The van der Waals surface area contributed by atoms with Gasteiger partial charge in [0, 0.05) is 42.1 Å². The number of nitro benzene ring substituents is 1. The van der Waals surface area contributed by atoms with E-state index in [9.17, 15) is 19.7 Å². The maximum atomic E-state index is 12.2. The first-order valence-corrected chi connectivity index (χ1v) is 10.6. The van der Waals surface area contributed by atoms with Crippen LogP contribution in [0.1, 0.15) is 39.4 Å². The van der Waals surface area contributed by atoms with Crippen LogP contribution in [0.15, 0.2) is 66.7 Å². The molecule has 0 aromatic heterocycles. The van der Waals surface area contributed by atoms with Crippen LogP contribution in [0, 0.1) is 22.0 Å². The molecule has 0 saturated carbocycles. The molecule has 0 aliphatic heterocycles. The number of nitrogens with zero attached hydrogens (tertiary/aromatic N) is 1. The first kappa shape index (κ1) is 22.6. The second-order valence-electron chi connectivity index (χ2n) is 7.69. The number of nitrogens with one attached hydrogen (secondary N) is 1. The lowest BCUT2D eigenvalue weighted by molar-refractivity contribution is -0.384. The van der Waals surface area contributed by atoms with E-state index in [1.165, 1.54) is 12.1 Å². The maximum Gasteiger partial charge on any atom is 0.407 e. The third kappa shape index (κ3) is 4.89. The molecule has 0 fully saturated rings. The van der Waals surface area contributed by atoms with Crippen molar-refractivity contribution in [2.24, 2.45) is 5.73 Å². The zero-order chi connectivity index (χ0) is 24.1. The van der Waals surface area contributed by atoms with E-state index in [0.717, 1.165) is 28.3 Å². The van der Waals surface area contributed by atoms with Crippen LogP contribution in [-0.2, 0) is 4.74 Å². The second kappa shape index (κ2) is 9.88. The van der Waals surface area contributed by atoms with Crippen LogP contribution in [0.25, 0.3) is 11.1 Å². The van der Waals surface area contributed by atoms with Gasteiger partial charge in [-0.1, -0.05) is 60.4 Å². The highest BCUT2D eigenvalue weighted by Gasteiger charge is 2.28. The molecule has 1 aliphatic carbocycles. The van der Waals surface area contributed by atoms with Crippen molar-refractivity contribution in [3.8, 4) is 23.0 Å². The number of alkyl carbamates (subject to hydrolysis) is 1. The predicted octanol–water partition coefficient (Wildman–Crippen LogP) is 3.97. The monoisotopic (exact) mass is 455 g/mol. The number of non-ortho nitro benzene ring substituents is 1. The molecule has 2 amide bonds. The Morgan fingerprint density at radius 1 is 1.03 bits per heavy atom. The van der Waals surface area contributed by atoms with E-state index >= 15 is 0 Å². The summed E-state index contributed by atoms with van der Waals surface area (Å²) in [6.07, 6.45) is -0.256. The van der Waals surface area contributed by atoms with E-state index < -0.39 is 16.9 Å². The van der Waals surface area contributed by atoms with E-state index in [0.29, 0.717) is 12.0 Å². The fraction of sp³-hybridized carbons (Fsp3) is 0.154. The van der Waals surface area contributed by atoms with Crippen molar-refractivity contribution in [1.29, 1.82) is 0 Å². The van der Waals surface area contributed by atoms with Gasteiger partial charge in [-0.3, -0.25) is 14.9 Å². The SMILES string of the molecule is NC(=O)c1cc(C#CCCNC(=O)OCC2c3ccccc3-c3ccccc32)cc([N+](=O)[O-])c1. The Balaban J connectivity index is 1.31. The number of fused-ring (bicyclic) bond motifs is 3. The van der Waals surface area contributed by atoms with Gasteiger partial charge in [0.15, 0.2) is 0 Å². The second-order valence-corrected chi connectivity index (χ2v) is 7.69. The molecule has 34 heavy (non-hydrogen) atoms. The van der Waals surface area contributed by atoms with Gasteiger partial charge >= 0.3 is 6.09 Å². The summed E-state index contributed by atoms with van der Waals surface area (Å²) in [5, 5.41) is 13.7. The number of carbonyl (C=O) groups is 2. The van der Waals surface area contributed by atoms with Crippen molar-refractivity contribution < 1.29 is 19.2 Å². The van der Waals surface area contributed by atoms with Gasteiger partial charge in [0.2, 0.25) is 5.91 Å². The number of carbonyl (C=O) groups excluding carboxylic acids is 2. The largest absolute Gasteiger partial charge is 0.449 e. The summed E-state index contributed by atoms with van der Waals surface area (Å²) in [5.41, 5.74) is 9.83. The Bertz CT molecular complexity index is 1260. The average Bonchev–Trinajstić information content (AvgIpc) is 3.16. The molecule has 0 atom stereocenters. The van der Waals surface area contributed by atoms with Crippen LogP contribution in [0.5, 0.6) is 0 Å². The van der Waals surface area contributed by atoms with Gasteiger partial charge in [0.25, 0.3) is 5.69 Å². The standard InChI is InChI=1S/C26H21N3O5/c27-25(30)18-13-17(14-19(15-18)29(32)33)7-5-6-12-28-26(31)34-16-24-22-10-3-1-8-20(22)21-9-2-4-11-23(21)24/h1-4,8-11,13-15,24H,6,12,16H2,(H2,27,30)(H,28,31). The lowest BCUT2D eigenvalue weighted by atomic mass is 9.98. The van der Waals surface area contributed by atoms with Crippen LogP contribution < -0.4 is 11.1 Å². The zero-order valence-corrected chi connectivity index (χ0v) is 18.1. The van der Waals surface area contributed by atoms with E-state index in [-0.39, 0.29) is 30.3 Å². The number of nitrogens with two attached hydrogens (primary N) is 1. The summed E-state index contributed by atoms with van der Waals surface area (Å²) in [6, 6.07) is 19.9. The molecule has 170 valence electrons. The summed E-state index contributed by atoms with van der Waals surface area (Å²) in [6.45, 7) is 0.455. The van der Waals surface area contributed by atoms with E-state index in [2.05, 4.69) is 41.4 Å². The van der Waals surface area contributed by atoms with E-state index in [4.69, 9.17) is 10.5 Å². The van der Waals surface area contributed by atoms with Gasteiger partial charge in [-0.2, -0.15) is 0 Å². The van der Waals surface area contributed by atoms with Gasteiger partial charge in [-0.15, -0.1) is 0 Å². The van der Waals surface area contributed by atoms with Crippen LogP contribution >= 0.6 is 0 Å². The van der Waals surface area contributed by atoms with Gasteiger partial charge in [0.1, 0.15) is 6.61 Å². The third-order valence-electron chi connectivity index (χ3n) is 5.51. The molecular formula is C26H21N3O5. The fourth-order valence-corrected chi connectivity index (χ4v) is 3.97. The van der Waals surface area contributed by atoms with Gasteiger partial charge in [-0.05, 0) is 28.3 Å². The highest BCUT2D eigenvalue weighted by atomic mass is 16.6. The molecule has 3 aromatic carbocycles.